The fourth-order valence-electron chi connectivity index (χ4n) is 4.57. The average molecular weight is 505 g/mol. The molecule has 0 amide bonds. The largest absolute Gasteiger partial charge is 0.274 e. The van der Waals surface area contributed by atoms with Crippen LogP contribution in [0.2, 0.25) is 0 Å². The quantitative estimate of drug-likeness (QED) is 0.0794. The highest BCUT2D eigenvalue weighted by Gasteiger charge is 2.16. The van der Waals surface area contributed by atoms with Crippen molar-refractivity contribution in [3.63, 3.8) is 0 Å². The molecule has 1 heterocycles. The second-order valence-electron chi connectivity index (χ2n) is 9.73. The minimum Gasteiger partial charge on any atom is -0.274 e. The number of hydrogen-bond donors (Lipinski definition) is 0. The van der Waals surface area contributed by atoms with Crippen LogP contribution >= 0.6 is 0 Å². The normalized spacial score (nSPS) is 11.5. The van der Waals surface area contributed by atoms with Crippen molar-refractivity contribution in [2.24, 2.45) is 4.99 Å². The van der Waals surface area contributed by atoms with Gasteiger partial charge in [0.15, 0.2) is 0 Å². The predicted molar refractivity (Wildman–Crippen MR) is 151 cm³/mol. The van der Waals surface area contributed by atoms with E-state index < -0.39 is 4.92 Å². The number of non-ortho nitro benzene ring substituents is 1. The molecule has 37 heavy (non-hydrogen) atoms. The molecule has 7 nitrogen and oxygen atoms in total. The van der Waals surface area contributed by atoms with Crippen molar-refractivity contribution in [2.75, 3.05) is 0 Å². The molecule has 7 heteroatoms. The van der Waals surface area contributed by atoms with Crippen LogP contribution in [0.25, 0.3) is 11.0 Å². The van der Waals surface area contributed by atoms with E-state index in [2.05, 4.69) is 16.9 Å². The van der Waals surface area contributed by atoms with Crippen molar-refractivity contribution in [1.82, 2.24) is 9.55 Å². The smallest absolute Gasteiger partial charge is 0.269 e. The number of para-hydroxylation sites is 2. The van der Waals surface area contributed by atoms with Gasteiger partial charge in [0.2, 0.25) is 11.9 Å². The standard InChI is InChI=1S/C30H40N4O3/c1-2-3-4-5-6-7-8-9-10-11-12-13-14-19-29(35)33-28-18-16-15-17-27(28)32-30(33)31-24-25-20-22-26(23-21-25)34(36)37/h15-18,20-24H,2-14,19H2,1H3/b31-24+. The molecule has 0 saturated carbocycles. The first kappa shape index (κ1) is 28.2. The van der Waals surface area contributed by atoms with E-state index in [1.807, 2.05) is 24.3 Å². The van der Waals surface area contributed by atoms with E-state index in [4.69, 9.17) is 0 Å². The van der Waals surface area contributed by atoms with Gasteiger partial charge in [0.1, 0.15) is 0 Å². The first-order valence-corrected chi connectivity index (χ1v) is 13.9. The Bertz CT molecular complexity index is 1150. The van der Waals surface area contributed by atoms with Gasteiger partial charge in [-0.25, -0.2) is 14.5 Å². The number of aliphatic imine (C=N–C) groups is 1. The Morgan fingerprint density at radius 2 is 1.43 bits per heavy atom. The van der Waals surface area contributed by atoms with Crippen LogP contribution < -0.4 is 0 Å². The minimum absolute atomic E-state index is 0.00683. The highest BCUT2D eigenvalue weighted by molar-refractivity contribution is 5.94. The van der Waals surface area contributed by atoms with Crippen molar-refractivity contribution >= 4 is 34.8 Å². The summed E-state index contributed by atoms with van der Waals surface area (Å²) in [6.07, 6.45) is 18.5. The van der Waals surface area contributed by atoms with E-state index in [0.29, 0.717) is 17.9 Å². The van der Waals surface area contributed by atoms with Gasteiger partial charge in [-0.05, 0) is 36.2 Å². The van der Waals surface area contributed by atoms with Crippen molar-refractivity contribution < 1.29 is 9.72 Å². The van der Waals surface area contributed by atoms with Crippen molar-refractivity contribution in [1.29, 1.82) is 0 Å². The molecule has 0 N–H and O–H groups in total. The average Bonchev–Trinajstić information content (AvgIpc) is 3.28. The summed E-state index contributed by atoms with van der Waals surface area (Å²) in [6, 6.07) is 13.7. The minimum atomic E-state index is -0.435. The van der Waals surface area contributed by atoms with E-state index in [9.17, 15) is 14.9 Å². The summed E-state index contributed by atoms with van der Waals surface area (Å²) >= 11 is 0. The maximum atomic E-state index is 13.1. The summed E-state index contributed by atoms with van der Waals surface area (Å²) < 4.78 is 1.59. The van der Waals surface area contributed by atoms with Crippen LogP contribution in [-0.4, -0.2) is 26.6 Å². The molecule has 3 rings (SSSR count). The molecule has 0 unspecified atom stereocenters. The molecule has 198 valence electrons. The van der Waals surface area contributed by atoms with E-state index >= 15 is 0 Å². The van der Waals surface area contributed by atoms with Crippen LogP contribution in [0.4, 0.5) is 11.6 Å². The SMILES string of the molecule is CCCCCCCCCCCCCCCC(=O)n1c(/N=C/c2ccc([N+](=O)[O-])cc2)nc2ccccc21. The van der Waals surface area contributed by atoms with Crippen LogP contribution in [-0.2, 0) is 0 Å². The molecule has 0 aliphatic carbocycles. The van der Waals surface area contributed by atoms with Crippen LogP contribution in [0.1, 0.15) is 107 Å². The highest BCUT2D eigenvalue weighted by Crippen LogP contribution is 2.23. The lowest BCUT2D eigenvalue weighted by Crippen LogP contribution is -2.10. The number of carbonyl (C=O) groups is 1. The number of nitro benzene ring substituents is 1. The number of benzene rings is 2. The molecule has 0 aliphatic rings. The lowest BCUT2D eigenvalue weighted by molar-refractivity contribution is -0.384. The predicted octanol–water partition coefficient (Wildman–Crippen LogP) is 8.82. The van der Waals surface area contributed by atoms with Crippen molar-refractivity contribution in [3.8, 4) is 0 Å². The molecule has 3 aromatic rings. The monoisotopic (exact) mass is 504 g/mol. The van der Waals surface area contributed by atoms with Gasteiger partial charge in [0.25, 0.3) is 5.69 Å². The summed E-state index contributed by atoms with van der Waals surface area (Å²) in [4.78, 5) is 32.6. The molecule has 0 bridgehead atoms. The Balaban J connectivity index is 1.45. The number of aromatic nitrogens is 2. The van der Waals surface area contributed by atoms with E-state index in [1.165, 1.54) is 82.8 Å². The summed E-state index contributed by atoms with van der Waals surface area (Å²) in [5.41, 5.74) is 2.20. The van der Waals surface area contributed by atoms with Crippen molar-refractivity contribution in [2.45, 2.75) is 96.8 Å². The lowest BCUT2D eigenvalue weighted by atomic mass is 10.0. The van der Waals surface area contributed by atoms with Gasteiger partial charge in [-0.1, -0.05) is 96.1 Å². The third-order valence-electron chi connectivity index (χ3n) is 6.72. The Morgan fingerprint density at radius 1 is 0.865 bits per heavy atom. The fourth-order valence-corrected chi connectivity index (χ4v) is 4.57. The topological polar surface area (TPSA) is 90.4 Å². The molecule has 0 atom stereocenters. The van der Waals surface area contributed by atoms with Gasteiger partial charge in [0.05, 0.1) is 16.0 Å². The van der Waals surface area contributed by atoms with Crippen LogP contribution in [0.5, 0.6) is 0 Å². The number of hydrogen-bond acceptors (Lipinski definition) is 5. The molecule has 0 fully saturated rings. The van der Waals surface area contributed by atoms with E-state index in [1.54, 1.807) is 22.9 Å². The van der Waals surface area contributed by atoms with Crippen LogP contribution in [0.3, 0.4) is 0 Å². The van der Waals surface area contributed by atoms with Crippen molar-refractivity contribution in [3.05, 3.63) is 64.2 Å². The van der Waals surface area contributed by atoms with Gasteiger partial charge in [-0.3, -0.25) is 14.9 Å². The lowest BCUT2D eigenvalue weighted by Gasteiger charge is -2.06. The second kappa shape index (κ2) is 15.7. The third kappa shape index (κ3) is 9.23. The molecule has 0 radical (unpaired) electrons. The fraction of sp³-hybridized carbons (Fsp3) is 0.500. The Kier molecular flexibility index (Phi) is 12.0. The maximum Gasteiger partial charge on any atom is 0.269 e. The van der Waals surface area contributed by atoms with Crippen LogP contribution in [0.15, 0.2) is 53.5 Å². The second-order valence-corrected chi connectivity index (χ2v) is 9.73. The zero-order valence-corrected chi connectivity index (χ0v) is 22.1. The van der Waals surface area contributed by atoms with Gasteiger partial charge in [-0.2, -0.15) is 0 Å². The number of nitro groups is 1. The first-order chi connectivity index (χ1) is 18.1. The van der Waals surface area contributed by atoms with Gasteiger partial charge < -0.3 is 0 Å². The number of fused-ring (bicyclic) bond motifs is 1. The van der Waals surface area contributed by atoms with Gasteiger partial charge in [-0.15, -0.1) is 0 Å². The van der Waals surface area contributed by atoms with Gasteiger partial charge in [0, 0.05) is 24.8 Å². The maximum absolute atomic E-state index is 13.1. The van der Waals surface area contributed by atoms with Crippen LogP contribution in [0, 0.1) is 10.1 Å². The molecule has 0 spiro atoms. The van der Waals surface area contributed by atoms with Gasteiger partial charge >= 0.3 is 0 Å². The summed E-state index contributed by atoms with van der Waals surface area (Å²) in [5.74, 6) is 0.326. The molecule has 1 aromatic heterocycles. The molecule has 0 saturated heterocycles. The summed E-state index contributed by atoms with van der Waals surface area (Å²) in [5, 5.41) is 10.9. The number of unbranched alkanes of at least 4 members (excludes halogenated alkanes) is 12. The zero-order chi connectivity index (χ0) is 26.3. The summed E-state index contributed by atoms with van der Waals surface area (Å²) in [6.45, 7) is 2.26. The Morgan fingerprint density at radius 3 is 2.03 bits per heavy atom. The Labute approximate surface area is 220 Å². The van der Waals surface area contributed by atoms with E-state index in [-0.39, 0.29) is 11.6 Å². The number of rotatable bonds is 17. The number of nitrogens with zero attached hydrogens (tertiary/aromatic N) is 4. The Hall–Kier alpha value is -3.35. The third-order valence-corrected chi connectivity index (χ3v) is 6.72. The zero-order valence-electron chi connectivity index (χ0n) is 22.1. The number of carbonyl (C=O) groups excluding carboxylic acids is 1. The molecular weight excluding hydrogens is 464 g/mol. The summed E-state index contributed by atoms with van der Waals surface area (Å²) in [7, 11) is 0. The molecular formula is C30H40N4O3. The van der Waals surface area contributed by atoms with E-state index in [0.717, 1.165) is 23.9 Å². The molecule has 0 aliphatic heterocycles. The number of imidazole rings is 1. The first-order valence-electron chi connectivity index (χ1n) is 13.9. The molecule has 2 aromatic carbocycles. The highest BCUT2D eigenvalue weighted by atomic mass is 16.6.